The van der Waals surface area contributed by atoms with Gasteiger partial charge in [0.1, 0.15) is 0 Å². The minimum atomic E-state index is -0.617. The molecule has 4 heteroatoms. The van der Waals surface area contributed by atoms with Gasteiger partial charge >= 0.3 is 0 Å². The third-order valence-electron chi connectivity index (χ3n) is 4.43. The summed E-state index contributed by atoms with van der Waals surface area (Å²) < 4.78 is 0. The standard InChI is InChI=1S/C17H19NO3/c1-4-6-13-16(20)15(11(3)18-21)14-10-12(19)7-9-17(13,14)8-5-2/h4,7-9,13-14,18,21H,1-2,6,10H2,3H3/b15-11-/t13-,14-,17+/m1/s1. The molecule has 4 nitrogen and oxygen atoms in total. The Morgan fingerprint density at radius 1 is 1.62 bits per heavy atom. The Bertz CT molecular complexity index is 608. The lowest BCUT2D eigenvalue weighted by Crippen LogP contribution is -2.33. The van der Waals surface area contributed by atoms with E-state index in [4.69, 9.17) is 0 Å². The number of Topliss-reactive ketones (excluding diaryl/α,β-unsaturated/α-hetero) is 1. The first kappa shape index (κ1) is 15.2. The van der Waals surface area contributed by atoms with Crippen LogP contribution in [0.1, 0.15) is 19.8 Å². The molecule has 2 rings (SSSR count). The highest BCUT2D eigenvalue weighted by molar-refractivity contribution is 6.05. The zero-order valence-corrected chi connectivity index (χ0v) is 12.1. The summed E-state index contributed by atoms with van der Waals surface area (Å²) in [6, 6.07) is 0. The quantitative estimate of drug-likeness (QED) is 0.360. The predicted octanol–water partition coefficient (Wildman–Crippen LogP) is 2.49. The Morgan fingerprint density at radius 2 is 2.33 bits per heavy atom. The average molecular weight is 285 g/mol. The van der Waals surface area contributed by atoms with Crippen molar-refractivity contribution in [2.45, 2.75) is 19.8 Å². The molecule has 0 aromatic heterocycles. The van der Waals surface area contributed by atoms with Crippen LogP contribution in [0.25, 0.3) is 0 Å². The van der Waals surface area contributed by atoms with Crippen molar-refractivity contribution < 1.29 is 14.8 Å². The molecule has 1 saturated carbocycles. The van der Waals surface area contributed by atoms with Crippen molar-refractivity contribution in [1.29, 1.82) is 0 Å². The zero-order chi connectivity index (χ0) is 15.6. The second kappa shape index (κ2) is 5.68. The van der Waals surface area contributed by atoms with Crippen molar-refractivity contribution >= 4 is 11.6 Å². The molecule has 0 heterocycles. The molecule has 0 saturated heterocycles. The lowest BCUT2D eigenvalue weighted by molar-refractivity contribution is -0.119. The lowest BCUT2D eigenvalue weighted by Gasteiger charge is -2.35. The van der Waals surface area contributed by atoms with Crippen molar-refractivity contribution in [2.24, 2.45) is 17.3 Å². The predicted molar refractivity (Wildman–Crippen MR) is 79.3 cm³/mol. The van der Waals surface area contributed by atoms with E-state index in [-0.39, 0.29) is 29.8 Å². The summed E-state index contributed by atoms with van der Waals surface area (Å²) in [7, 11) is 0. The van der Waals surface area contributed by atoms with Gasteiger partial charge in [-0.1, -0.05) is 18.7 Å². The second-order valence-corrected chi connectivity index (χ2v) is 5.50. The average Bonchev–Trinajstić information content (AvgIpc) is 2.69. The first-order chi connectivity index (χ1) is 10.0. The van der Waals surface area contributed by atoms with Gasteiger partial charge in [0.25, 0.3) is 0 Å². The number of carbonyl (C=O) groups excluding carboxylic acids is 2. The van der Waals surface area contributed by atoms with Crippen LogP contribution in [-0.4, -0.2) is 16.8 Å². The van der Waals surface area contributed by atoms with Gasteiger partial charge in [-0.25, -0.2) is 0 Å². The van der Waals surface area contributed by atoms with Gasteiger partial charge in [-0.15, -0.1) is 12.3 Å². The number of fused-ring (bicyclic) bond motifs is 1. The Kier molecular flexibility index (Phi) is 4.12. The molecule has 0 aliphatic heterocycles. The molecular formula is C17H19NO3. The molecule has 0 spiro atoms. The number of rotatable bonds is 4. The minimum Gasteiger partial charge on any atom is -0.295 e. The van der Waals surface area contributed by atoms with Crippen molar-refractivity contribution in [1.82, 2.24) is 5.48 Å². The summed E-state index contributed by atoms with van der Waals surface area (Å²) in [6.45, 7) is 8.97. The van der Waals surface area contributed by atoms with Gasteiger partial charge in [-0.2, -0.15) is 0 Å². The molecule has 21 heavy (non-hydrogen) atoms. The van der Waals surface area contributed by atoms with Crippen LogP contribution in [-0.2, 0) is 9.59 Å². The van der Waals surface area contributed by atoms with E-state index in [1.165, 1.54) is 6.08 Å². The van der Waals surface area contributed by atoms with Gasteiger partial charge in [-0.3, -0.25) is 20.3 Å². The molecule has 0 radical (unpaired) electrons. The first-order valence-electron chi connectivity index (χ1n) is 6.86. The van der Waals surface area contributed by atoms with E-state index >= 15 is 0 Å². The maximum atomic E-state index is 12.8. The summed E-state index contributed by atoms with van der Waals surface area (Å²) in [4.78, 5) is 24.6. The smallest absolute Gasteiger partial charge is 0.165 e. The van der Waals surface area contributed by atoms with Crippen LogP contribution in [0, 0.1) is 17.3 Å². The number of nitrogens with one attached hydrogen (secondary N) is 1. The fourth-order valence-corrected chi connectivity index (χ4v) is 3.51. The zero-order valence-electron chi connectivity index (χ0n) is 12.1. The van der Waals surface area contributed by atoms with E-state index in [2.05, 4.69) is 24.4 Å². The Balaban J connectivity index is 2.71. The van der Waals surface area contributed by atoms with E-state index in [9.17, 15) is 14.8 Å². The maximum absolute atomic E-state index is 12.8. The highest BCUT2D eigenvalue weighted by atomic mass is 16.5. The van der Waals surface area contributed by atoms with E-state index in [1.807, 2.05) is 0 Å². The molecule has 2 aliphatic rings. The highest BCUT2D eigenvalue weighted by Crippen LogP contribution is 2.55. The van der Waals surface area contributed by atoms with E-state index in [1.54, 1.807) is 25.2 Å². The van der Waals surface area contributed by atoms with Crippen molar-refractivity contribution in [3.63, 3.8) is 0 Å². The van der Waals surface area contributed by atoms with Crippen LogP contribution < -0.4 is 5.48 Å². The molecule has 0 aromatic carbocycles. The number of allylic oxidation sites excluding steroid dienone is 6. The highest BCUT2D eigenvalue weighted by Gasteiger charge is 2.56. The van der Waals surface area contributed by atoms with E-state index in [0.29, 0.717) is 17.7 Å². The molecule has 1 fully saturated rings. The van der Waals surface area contributed by atoms with Crippen LogP contribution in [0.4, 0.5) is 0 Å². The van der Waals surface area contributed by atoms with Gasteiger partial charge in [-0.05, 0) is 25.5 Å². The lowest BCUT2D eigenvalue weighted by atomic mass is 9.66. The molecule has 0 bridgehead atoms. The number of ketones is 2. The van der Waals surface area contributed by atoms with Crippen molar-refractivity contribution in [3.8, 4) is 0 Å². The van der Waals surface area contributed by atoms with Crippen LogP contribution >= 0.6 is 0 Å². The number of hydroxylamine groups is 1. The molecule has 2 aliphatic carbocycles. The van der Waals surface area contributed by atoms with E-state index < -0.39 is 5.41 Å². The topological polar surface area (TPSA) is 66.4 Å². The van der Waals surface area contributed by atoms with Gasteiger partial charge in [0.2, 0.25) is 0 Å². The fraction of sp³-hybridized carbons (Fsp3) is 0.353. The van der Waals surface area contributed by atoms with Gasteiger partial charge in [0.05, 0.1) is 0 Å². The Morgan fingerprint density at radius 3 is 2.90 bits per heavy atom. The normalized spacial score (nSPS) is 33.2. The van der Waals surface area contributed by atoms with Crippen LogP contribution in [0.3, 0.4) is 0 Å². The largest absolute Gasteiger partial charge is 0.295 e. The summed E-state index contributed by atoms with van der Waals surface area (Å²) in [5.74, 6) is -0.744. The fourth-order valence-electron chi connectivity index (χ4n) is 3.51. The monoisotopic (exact) mass is 285 g/mol. The molecular weight excluding hydrogens is 266 g/mol. The summed E-state index contributed by atoms with van der Waals surface area (Å²) >= 11 is 0. The Labute approximate surface area is 124 Å². The number of hydrogen-bond acceptors (Lipinski definition) is 4. The minimum absolute atomic E-state index is 0.0246. The first-order valence-corrected chi connectivity index (χ1v) is 6.86. The van der Waals surface area contributed by atoms with Gasteiger partial charge < -0.3 is 0 Å². The number of hydrogen-bond donors (Lipinski definition) is 2. The van der Waals surface area contributed by atoms with Crippen molar-refractivity contribution in [3.05, 3.63) is 54.5 Å². The molecule has 110 valence electrons. The van der Waals surface area contributed by atoms with Gasteiger partial charge in [0, 0.05) is 34.9 Å². The number of carbonyl (C=O) groups is 2. The summed E-state index contributed by atoms with van der Waals surface area (Å²) in [5, 5.41) is 9.18. The van der Waals surface area contributed by atoms with Crippen LogP contribution in [0.2, 0.25) is 0 Å². The molecule has 0 unspecified atom stereocenters. The third-order valence-corrected chi connectivity index (χ3v) is 4.43. The van der Waals surface area contributed by atoms with Gasteiger partial charge in [0.15, 0.2) is 11.6 Å². The molecule has 0 aromatic rings. The summed E-state index contributed by atoms with van der Waals surface area (Å²) in [6.07, 6.45) is 7.51. The van der Waals surface area contributed by atoms with Crippen LogP contribution in [0.5, 0.6) is 0 Å². The van der Waals surface area contributed by atoms with Crippen molar-refractivity contribution in [2.75, 3.05) is 0 Å². The Hall–Kier alpha value is -2.16. The SMILES string of the molecule is C=C=C[C@@]12C=CC(=O)C[C@@H]1/C(=C(\C)NO)C(=O)[C@H]2CC=C. The molecule has 3 atom stereocenters. The molecule has 2 N–H and O–H groups in total. The summed E-state index contributed by atoms with van der Waals surface area (Å²) in [5.41, 5.74) is 5.08. The van der Waals surface area contributed by atoms with E-state index in [0.717, 1.165) is 0 Å². The third kappa shape index (κ3) is 2.23. The second-order valence-electron chi connectivity index (χ2n) is 5.50. The maximum Gasteiger partial charge on any atom is 0.165 e. The molecule has 0 amide bonds. The van der Waals surface area contributed by atoms with Crippen LogP contribution in [0.15, 0.2) is 54.5 Å².